The molecule has 0 unspecified atom stereocenters. The van der Waals surface area contributed by atoms with Crippen LogP contribution in [0.3, 0.4) is 0 Å². The molecule has 3 aromatic carbocycles. The monoisotopic (exact) mass is 398 g/mol. The number of rotatable bonds is 6. The molecule has 0 bridgehead atoms. The molecule has 1 nitrogen and oxygen atoms in total. The molecular weight excluding hydrogens is 368 g/mol. The normalized spacial score (nSPS) is 12.8. The zero-order valence-electron chi connectivity index (χ0n) is 18.0. The van der Waals surface area contributed by atoms with Gasteiger partial charge in [0.25, 0.3) is 0 Å². The molecule has 0 saturated carbocycles. The standard InChI is InChI=1S/C27H30OSi/c1-5-29(6-2,25-17-11-15-21-14-10-16-23(21)25)26-19-20(3)18-24(27(26)28-4)22-12-8-7-9-13-22/h7-13,15-19H,5-6,14H2,1-4H3. The molecule has 148 valence electrons. The Morgan fingerprint density at radius 1 is 0.897 bits per heavy atom. The molecule has 0 spiro atoms. The summed E-state index contributed by atoms with van der Waals surface area (Å²) in [4.78, 5) is 0. The van der Waals surface area contributed by atoms with Gasteiger partial charge in [0, 0.05) is 5.56 Å². The Morgan fingerprint density at radius 3 is 2.34 bits per heavy atom. The number of ether oxygens (including phenoxy) is 1. The summed E-state index contributed by atoms with van der Waals surface area (Å²) in [5, 5.41) is 3.01. The largest absolute Gasteiger partial charge is 0.496 e. The molecule has 3 aromatic rings. The third-order valence-electron chi connectivity index (χ3n) is 6.58. The lowest BCUT2D eigenvalue weighted by Crippen LogP contribution is -2.58. The number of methoxy groups -OCH3 is 1. The number of hydrogen-bond donors (Lipinski definition) is 0. The summed E-state index contributed by atoms with van der Waals surface area (Å²) in [6, 6.07) is 24.6. The molecule has 0 atom stereocenters. The van der Waals surface area contributed by atoms with Gasteiger partial charge < -0.3 is 4.74 Å². The van der Waals surface area contributed by atoms with Crippen LogP contribution < -0.4 is 15.1 Å². The van der Waals surface area contributed by atoms with Crippen molar-refractivity contribution < 1.29 is 4.74 Å². The molecule has 2 heteroatoms. The van der Waals surface area contributed by atoms with Gasteiger partial charge in [-0.05, 0) is 46.5 Å². The Morgan fingerprint density at radius 2 is 1.66 bits per heavy atom. The fourth-order valence-electron chi connectivity index (χ4n) is 5.05. The summed E-state index contributed by atoms with van der Waals surface area (Å²) in [5.74, 6) is 1.07. The molecule has 0 saturated heterocycles. The van der Waals surface area contributed by atoms with Gasteiger partial charge in [-0.2, -0.15) is 0 Å². The zero-order chi connectivity index (χ0) is 20.4. The van der Waals surface area contributed by atoms with Crippen LogP contribution in [0.1, 0.15) is 30.5 Å². The van der Waals surface area contributed by atoms with Crippen LogP contribution in [0.4, 0.5) is 0 Å². The van der Waals surface area contributed by atoms with Crippen LogP contribution in [-0.4, -0.2) is 15.2 Å². The molecule has 0 fully saturated rings. The highest BCUT2D eigenvalue weighted by molar-refractivity contribution is 7.03. The van der Waals surface area contributed by atoms with Gasteiger partial charge in [-0.15, -0.1) is 0 Å². The second-order valence-corrected chi connectivity index (χ2v) is 12.7. The maximum atomic E-state index is 6.15. The Bertz CT molecular complexity index is 1050. The maximum Gasteiger partial charge on any atom is 0.126 e. The number of benzene rings is 3. The minimum absolute atomic E-state index is 1.06. The van der Waals surface area contributed by atoms with Crippen LogP contribution in [0.25, 0.3) is 17.2 Å². The zero-order valence-corrected chi connectivity index (χ0v) is 19.0. The summed E-state index contributed by atoms with van der Waals surface area (Å²) in [5.41, 5.74) is 6.68. The van der Waals surface area contributed by atoms with Gasteiger partial charge in [-0.1, -0.05) is 98.2 Å². The van der Waals surface area contributed by atoms with Crippen molar-refractivity contribution in [1.29, 1.82) is 0 Å². The molecule has 0 amide bonds. The predicted molar refractivity (Wildman–Crippen MR) is 128 cm³/mol. The highest BCUT2D eigenvalue weighted by Gasteiger charge is 2.39. The Labute approximate surface area is 176 Å². The third-order valence-corrected chi connectivity index (χ3v) is 11.9. The van der Waals surface area contributed by atoms with Crippen LogP contribution in [-0.2, 0) is 6.42 Å². The van der Waals surface area contributed by atoms with Crippen LogP contribution in [0.15, 0.2) is 66.7 Å². The highest BCUT2D eigenvalue weighted by atomic mass is 28.3. The van der Waals surface area contributed by atoms with E-state index in [1.165, 1.54) is 45.1 Å². The molecule has 4 rings (SSSR count). The Hall–Kier alpha value is -2.58. The van der Waals surface area contributed by atoms with Crippen molar-refractivity contribution in [3.63, 3.8) is 0 Å². The van der Waals surface area contributed by atoms with E-state index >= 15 is 0 Å². The van der Waals surface area contributed by atoms with Crippen LogP contribution in [0.5, 0.6) is 5.75 Å². The second kappa shape index (κ2) is 8.04. The fraction of sp³-hybridized carbons (Fsp3) is 0.259. The van der Waals surface area contributed by atoms with E-state index in [-0.39, 0.29) is 0 Å². The van der Waals surface area contributed by atoms with Gasteiger partial charge in [0.05, 0.1) is 7.11 Å². The van der Waals surface area contributed by atoms with Crippen molar-refractivity contribution in [3.05, 3.63) is 83.4 Å². The van der Waals surface area contributed by atoms with Gasteiger partial charge in [0.1, 0.15) is 13.8 Å². The molecule has 0 N–H and O–H groups in total. The van der Waals surface area contributed by atoms with E-state index in [9.17, 15) is 0 Å². The van der Waals surface area contributed by atoms with Crippen molar-refractivity contribution in [1.82, 2.24) is 0 Å². The van der Waals surface area contributed by atoms with E-state index in [4.69, 9.17) is 4.74 Å². The topological polar surface area (TPSA) is 9.23 Å². The summed E-state index contributed by atoms with van der Waals surface area (Å²) < 4.78 is 6.15. The fourth-order valence-corrected chi connectivity index (χ4v) is 9.71. The van der Waals surface area contributed by atoms with E-state index in [2.05, 4.69) is 93.6 Å². The minimum atomic E-state index is -1.99. The molecule has 1 aliphatic rings. The average molecular weight is 399 g/mol. The summed E-state index contributed by atoms with van der Waals surface area (Å²) in [6.07, 6.45) is 5.71. The van der Waals surface area contributed by atoms with Crippen molar-refractivity contribution >= 4 is 24.5 Å². The number of allylic oxidation sites excluding steroid dienone is 1. The smallest absolute Gasteiger partial charge is 0.126 e. The Balaban J connectivity index is 2.02. The molecule has 0 heterocycles. The summed E-state index contributed by atoms with van der Waals surface area (Å²) in [7, 11) is -0.156. The lowest BCUT2D eigenvalue weighted by molar-refractivity contribution is 0.419. The number of hydrogen-bond acceptors (Lipinski definition) is 1. The van der Waals surface area contributed by atoms with Crippen molar-refractivity contribution in [3.8, 4) is 16.9 Å². The number of aryl methyl sites for hydroxylation is 1. The minimum Gasteiger partial charge on any atom is -0.496 e. The summed E-state index contributed by atoms with van der Waals surface area (Å²) >= 11 is 0. The molecule has 0 radical (unpaired) electrons. The lowest BCUT2D eigenvalue weighted by atomic mass is 10.0. The molecular formula is C27H30OSi. The lowest BCUT2D eigenvalue weighted by Gasteiger charge is -2.34. The maximum absolute atomic E-state index is 6.15. The van der Waals surface area contributed by atoms with Crippen molar-refractivity contribution in [2.75, 3.05) is 7.11 Å². The van der Waals surface area contributed by atoms with Gasteiger partial charge in [-0.25, -0.2) is 0 Å². The van der Waals surface area contributed by atoms with E-state index in [0.29, 0.717) is 0 Å². The average Bonchev–Trinajstić information content (AvgIpc) is 3.25. The van der Waals surface area contributed by atoms with E-state index in [1.807, 2.05) is 7.11 Å². The van der Waals surface area contributed by atoms with Gasteiger partial charge in [0.2, 0.25) is 0 Å². The first-order chi connectivity index (χ1) is 14.1. The quantitative estimate of drug-likeness (QED) is 0.474. The first-order valence-corrected chi connectivity index (χ1v) is 13.1. The van der Waals surface area contributed by atoms with Crippen LogP contribution >= 0.6 is 0 Å². The molecule has 0 aliphatic heterocycles. The van der Waals surface area contributed by atoms with Crippen LogP contribution in [0.2, 0.25) is 12.1 Å². The van der Waals surface area contributed by atoms with E-state index in [1.54, 1.807) is 5.19 Å². The van der Waals surface area contributed by atoms with Gasteiger partial charge >= 0.3 is 0 Å². The third kappa shape index (κ3) is 3.26. The van der Waals surface area contributed by atoms with E-state index < -0.39 is 8.07 Å². The molecule has 1 aliphatic carbocycles. The number of fused-ring (bicyclic) bond motifs is 1. The van der Waals surface area contributed by atoms with Gasteiger partial charge in [-0.3, -0.25) is 0 Å². The van der Waals surface area contributed by atoms with Crippen LogP contribution in [0, 0.1) is 6.92 Å². The first kappa shape index (κ1) is 19.7. The van der Waals surface area contributed by atoms with Gasteiger partial charge in [0.15, 0.2) is 0 Å². The first-order valence-electron chi connectivity index (χ1n) is 10.7. The second-order valence-electron chi connectivity index (χ2n) is 8.03. The van der Waals surface area contributed by atoms with E-state index in [0.717, 1.165) is 12.2 Å². The molecule has 29 heavy (non-hydrogen) atoms. The SMILES string of the molecule is CC[Si](CC)(c1cccc2c1C=CC2)c1cc(C)cc(-c2ccccc2)c1OC. The predicted octanol–water partition coefficient (Wildman–Crippen LogP) is 5.84. The Kier molecular flexibility index (Phi) is 5.47. The summed E-state index contributed by atoms with van der Waals surface area (Å²) in [6.45, 7) is 6.96. The van der Waals surface area contributed by atoms with Crippen molar-refractivity contribution in [2.45, 2.75) is 39.3 Å². The van der Waals surface area contributed by atoms with Crippen molar-refractivity contribution in [2.24, 2.45) is 0 Å². The highest BCUT2D eigenvalue weighted by Crippen LogP contribution is 2.34. The molecule has 0 aromatic heterocycles.